The molecular weight excluding hydrogens is 264 g/mol. The molecule has 0 aliphatic carbocycles. The van der Waals surface area contributed by atoms with Gasteiger partial charge in [-0.1, -0.05) is 23.1 Å². The molecule has 0 fully saturated rings. The molecule has 0 saturated carbocycles. The molecule has 4 nitrogen and oxygen atoms in total. The summed E-state index contributed by atoms with van der Waals surface area (Å²) < 4.78 is 7.07. The van der Waals surface area contributed by atoms with Gasteiger partial charge in [-0.15, -0.1) is 10.2 Å². The number of hydrogen-bond donors (Lipinski definition) is 0. The van der Waals surface area contributed by atoms with Crippen molar-refractivity contribution in [1.82, 2.24) is 10.2 Å². The van der Waals surface area contributed by atoms with E-state index in [0.717, 1.165) is 8.68 Å². The maximum Gasteiger partial charge on any atom is 0.194 e. The summed E-state index contributed by atoms with van der Waals surface area (Å²) in [7, 11) is 0. The van der Waals surface area contributed by atoms with Gasteiger partial charge in [0.2, 0.25) is 0 Å². The van der Waals surface area contributed by atoms with E-state index in [4.69, 9.17) is 4.42 Å². The Morgan fingerprint density at radius 1 is 1.38 bits per heavy atom. The van der Waals surface area contributed by atoms with E-state index >= 15 is 0 Å². The van der Waals surface area contributed by atoms with Gasteiger partial charge >= 0.3 is 0 Å². The van der Waals surface area contributed by atoms with Gasteiger partial charge in [-0.3, -0.25) is 4.79 Å². The molecule has 0 saturated heterocycles. The first-order valence-corrected chi connectivity index (χ1v) is 7.21. The average molecular weight is 272 g/mol. The van der Waals surface area contributed by atoms with Crippen molar-refractivity contribution < 1.29 is 9.21 Å². The van der Waals surface area contributed by atoms with Gasteiger partial charge in [-0.2, -0.15) is 0 Å². The van der Waals surface area contributed by atoms with Crippen molar-refractivity contribution in [2.75, 3.05) is 6.26 Å². The smallest absolute Gasteiger partial charge is 0.194 e. The van der Waals surface area contributed by atoms with Gasteiger partial charge in [0.25, 0.3) is 0 Å². The molecule has 0 bridgehead atoms. The Balaban J connectivity index is 2.11. The van der Waals surface area contributed by atoms with E-state index in [-0.39, 0.29) is 5.78 Å². The highest BCUT2D eigenvalue weighted by molar-refractivity contribution is 8.02. The highest BCUT2D eigenvalue weighted by Gasteiger charge is 2.10. The lowest BCUT2D eigenvalue weighted by molar-refractivity contribution is 0.0982. The molecule has 2 rings (SSSR count). The Morgan fingerprint density at radius 2 is 2.12 bits per heavy atom. The lowest BCUT2D eigenvalue weighted by Crippen LogP contribution is -1.85. The zero-order chi connectivity index (χ0) is 11.5. The predicted octanol–water partition coefficient (Wildman–Crippen LogP) is 3.21. The molecule has 0 radical (unpaired) electrons. The molecule has 84 valence electrons. The van der Waals surface area contributed by atoms with Crippen molar-refractivity contribution in [2.24, 2.45) is 0 Å². The second-order valence-electron chi connectivity index (χ2n) is 2.81. The van der Waals surface area contributed by atoms with Crippen LogP contribution in [0.2, 0.25) is 0 Å². The summed E-state index contributed by atoms with van der Waals surface area (Å²) in [6.07, 6.45) is 1.95. The minimum Gasteiger partial charge on any atom is -0.446 e. The minimum atomic E-state index is -0.0751. The second-order valence-corrected chi connectivity index (χ2v) is 6.10. The van der Waals surface area contributed by atoms with E-state index < -0.39 is 0 Å². The minimum absolute atomic E-state index is 0.0751. The van der Waals surface area contributed by atoms with Crippen LogP contribution in [0.3, 0.4) is 0 Å². The van der Waals surface area contributed by atoms with Crippen molar-refractivity contribution in [2.45, 2.75) is 20.7 Å². The molecule has 0 unspecified atom stereocenters. The van der Waals surface area contributed by atoms with Gasteiger partial charge in [0.05, 0.1) is 0 Å². The van der Waals surface area contributed by atoms with Crippen LogP contribution in [0.25, 0.3) is 0 Å². The normalized spacial score (nSPS) is 10.6. The van der Waals surface area contributed by atoms with Crippen molar-refractivity contribution in [3.05, 3.63) is 17.9 Å². The lowest BCUT2D eigenvalue weighted by atomic mass is 10.3. The van der Waals surface area contributed by atoms with Crippen molar-refractivity contribution in [3.8, 4) is 0 Å². The third-order valence-corrected chi connectivity index (χ3v) is 4.55. The molecule has 0 aliphatic heterocycles. The largest absolute Gasteiger partial charge is 0.446 e. The third-order valence-electron chi connectivity index (χ3n) is 1.68. The van der Waals surface area contributed by atoms with Crippen LogP contribution in [-0.2, 0) is 0 Å². The van der Waals surface area contributed by atoms with Crippen molar-refractivity contribution >= 4 is 40.6 Å². The predicted molar refractivity (Wildman–Crippen MR) is 64.5 cm³/mol. The SMILES string of the molecule is CSc1nnc(Sc2ccc(C(C)=O)o2)s1. The van der Waals surface area contributed by atoms with Crippen LogP contribution in [0.4, 0.5) is 0 Å². The lowest BCUT2D eigenvalue weighted by Gasteiger charge is -1.89. The molecule has 0 aromatic carbocycles. The Bertz CT molecular complexity index is 506. The number of carbonyl (C=O) groups is 1. The Kier molecular flexibility index (Phi) is 3.67. The van der Waals surface area contributed by atoms with Crippen molar-refractivity contribution in [3.63, 3.8) is 0 Å². The number of thioether (sulfide) groups is 1. The maximum absolute atomic E-state index is 11.0. The molecule has 0 N–H and O–H groups in total. The fourth-order valence-corrected chi connectivity index (χ4v) is 3.31. The van der Waals surface area contributed by atoms with E-state index in [9.17, 15) is 4.79 Å². The van der Waals surface area contributed by atoms with Gasteiger partial charge in [0.1, 0.15) is 0 Å². The van der Waals surface area contributed by atoms with Crippen LogP contribution in [-0.4, -0.2) is 22.2 Å². The van der Waals surface area contributed by atoms with Crippen LogP contribution in [0.15, 0.2) is 30.3 Å². The monoisotopic (exact) mass is 272 g/mol. The van der Waals surface area contributed by atoms with Crippen LogP contribution in [0.5, 0.6) is 0 Å². The molecule has 16 heavy (non-hydrogen) atoms. The van der Waals surface area contributed by atoms with Gasteiger partial charge in [-0.25, -0.2) is 0 Å². The summed E-state index contributed by atoms with van der Waals surface area (Å²) in [5.74, 6) is 0.297. The molecule has 2 aromatic rings. The van der Waals surface area contributed by atoms with Crippen LogP contribution in [0.1, 0.15) is 17.5 Å². The van der Waals surface area contributed by atoms with E-state index in [0.29, 0.717) is 10.9 Å². The first-order valence-electron chi connectivity index (χ1n) is 4.35. The maximum atomic E-state index is 11.0. The highest BCUT2D eigenvalue weighted by Crippen LogP contribution is 2.33. The average Bonchev–Trinajstić information content (AvgIpc) is 2.87. The number of Topliss-reactive ketones (excluding diaryl/α,β-unsaturated/α-hetero) is 1. The Labute approximate surface area is 105 Å². The Morgan fingerprint density at radius 3 is 2.69 bits per heavy atom. The number of furan rings is 1. The number of rotatable bonds is 4. The first kappa shape index (κ1) is 11.7. The van der Waals surface area contributed by atoms with Crippen LogP contribution >= 0.6 is 34.9 Å². The zero-order valence-corrected chi connectivity index (χ0v) is 11.0. The van der Waals surface area contributed by atoms with E-state index in [2.05, 4.69) is 10.2 Å². The fourth-order valence-electron chi connectivity index (χ4n) is 0.971. The number of nitrogens with zero attached hydrogens (tertiary/aromatic N) is 2. The first-order chi connectivity index (χ1) is 7.69. The molecule has 0 aliphatic rings. The van der Waals surface area contributed by atoms with Gasteiger partial charge < -0.3 is 4.42 Å². The van der Waals surface area contributed by atoms with E-state index in [1.54, 1.807) is 23.9 Å². The fraction of sp³-hybridized carbons (Fsp3) is 0.222. The summed E-state index contributed by atoms with van der Waals surface area (Å²) in [5.41, 5.74) is 0. The number of hydrogen-bond acceptors (Lipinski definition) is 7. The topological polar surface area (TPSA) is 56.0 Å². The second kappa shape index (κ2) is 5.03. The van der Waals surface area contributed by atoms with E-state index in [1.807, 2.05) is 6.26 Å². The van der Waals surface area contributed by atoms with Gasteiger partial charge in [0, 0.05) is 6.92 Å². The summed E-state index contributed by atoms with van der Waals surface area (Å²) in [6.45, 7) is 1.48. The highest BCUT2D eigenvalue weighted by atomic mass is 32.2. The molecular formula is C9H8N2O2S3. The molecule has 2 aromatic heterocycles. The molecule has 0 amide bonds. The van der Waals surface area contributed by atoms with Crippen molar-refractivity contribution in [1.29, 1.82) is 0 Å². The zero-order valence-electron chi connectivity index (χ0n) is 8.59. The van der Waals surface area contributed by atoms with Gasteiger partial charge in [0.15, 0.2) is 25.3 Å². The number of aromatic nitrogens is 2. The molecule has 2 heterocycles. The third kappa shape index (κ3) is 2.66. The standard InChI is InChI=1S/C9H8N2O2S3/c1-5(12)6-3-4-7(13-6)15-9-11-10-8(14-2)16-9/h3-4H,1-2H3. The van der Waals surface area contributed by atoms with E-state index in [1.165, 1.54) is 30.0 Å². The molecule has 7 heteroatoms. The number of carbonyl (C=O) groups excluding carboxylic acids is 1. The summed E-state index contributed by atoms with van der Waals surface area (Å²) in [4.78, 5) is 11.0. The quantitative estimate of drug-likeness (QED) is 0.629. The van der Waals surface area contributed by atoms with Crippen LogP contribution < -0.4 is 0 Å². The van der Waals surface area contributed by atoms with Gasteiger partial charge in [-0.05, 0) is 30.2 Å². The summed E-state index contributed by atoms with van der Waals surface area (Å²) >= 11 is 4.44. The molecule has 0 atom stereocenters. The summed E-state index contributed by atoms with van der Waals surface area (Å²) in [6, 6.07) is 3.43. The number of ketones is 1. The molecule has 0 spiro atoms. The summed E-state index contributed by atoms with van der Waals surface area (Å²) in [5, 5.41) is 8.64. The van der Waals surface area contributed by atoms with Crippen LogP contribution in [0, 0.1) is 0 Å². The Hall–Kier alpha value is -0.790.